The standard InChI is InChI=1S/C13H16N2O4/c1-14-13(16)12-7-10(15-19-12)9-6-8(17-2)4-5-11(9)18-3/h4-6,12H,7H2,1-3H3,(H,14,16). The zero-order valence-corrected chi connectivity index (χ0v) is 11.1. The van der Waals surface area contributed by atoms with Gasteiger partial charge in [0.1, 0.15) is 11.5 Å². The third kappa shape index (κ3) is 2.62. The predicted octanol–water partition coefficient (Wildman–Crippen LogP) is 0.943. The van der Waals surface area contributed by atoms with E-state index in [1.54, 1.807) is 33.4 Å². The van der Waals surface area contributed by atoms with Gasteiger partial charge in [-0.2, -0.15) is 0 Å². The number of nitrogens with zero attached hydrogens (tertiary/aromatic N) is 1. The van der Waals surface area contributed by atoms with E-state index in [1.165, 1.54) is 0 Å². The second-order valence-corrected chi connectivity index (χ2v) is 4.02. The monoisotopic (exact) mass is 264 g/mol. The number of carbonyl (C=O) groups is 1. The molecule has 1 heterocycles. The number of nitrogens with one attached hydrogen (secondary N) is 1. The number of benzene rings is 1. The summed E-state index contributed by atoms with van der Waals surface area (Å²) in [4.78, 5) is 16.6. The van der Waals surface area contributed by atoms with Crippen molar-refractivity contribution in [2.24, 2.45) is 5.16 Å². The van der Waals surface area contributed by atoms with Crippen molar-refractivity contribution in [3.05, 3.63) is 23.8 Å². The Morgan fingerprint density at radius 1 is 1.42 bits per heavy atom. The minimum Gasteiger partial charge on any atom is -0.497 e. The van der Waals surface area contributed by atoms with Crippen molar-refractivity contribution in [2.75, 3.05) is 21.3 Å². The average molecular weight is 264 g/mol. The molecule has 0 saturated heterocycles. The van der Waals surface area contributed by atoms with Gasteiger partial charge in [-0.25, -0.2) is 0 Å². The first kappa shape index (κ1) is 13.2. The van der Waals surface area contributed by atoms with Gasteiger partial charge in [0.05, 0.1) is 19.9 Å². The SMILES string of the molecule is CNC(=O)C1CC(c2cc(OC)ccc2OC)=NO1. The Labute approximate surface area is 111 Å². The van der Waals surface area contributed by atoms with Crippen LogP contribution in [-0.4, -0.2) is 39.0 Å². The first-order chi connectivity index (χ1) is 9.19. The first-order valence-corrected chi connectivity index (χ1v) is 5.86. The zero-order chi connectivity index (χ0) is 13.8. The normalized spacial score (nSPS) is 17.4. The maximum absolute atomic E-state index is 11.5. The van der Waals surface area contributed by atoms with Crippen molar-refractivity contribution < 1.29 is 19.1 Å². The Bertz CT molecular complexity index is 513. The van der Waals surface area contributed by atoms with Gasteiger partial charge in [-0.15, -0.1) is 0 Å². The molecule has 1 N–H and O–H groups in total. The van der Waals surface area contributed by atoms with Crippen LogP contribution in [0.15, 0.2) is 23.4 Å². The van der Waals surface area contributed by atoms with Crippen molar-refractivity contribution in [1.82, 2.24) is 5.32 Å². The zero-order valence-electron chi connectivity index (χ0n) is 11.1. The molecule has 1 unspecified atom stereocenters. The molecule has 1 aromatic rings. The Balaban J connectivity index is 2.25. The lowest BCUT2D eigenvalue weighted by atomic mass is 10.0. The van der Waals surface area contributed by atoms with Gasteiger partial charge in [0, 0.05) is 19.0 Å². The summed E-state index contributed by atoms with van der Waals surface area (Å²) in [5.74, 6) is 1.17. The highest BCUT2D eigenvalue weighted by Gasteiger charge is 2.29. The van der Waals surface area contributed by atoms with Crippen LogP contribution in [0, 0.1) is 0 Å². The number of carbonyl (C=O) groups excluding carboxylic acids is 1. The molecule has 0 fully saturated rings. The number of methoxy groups -OCH3 is 2. The molecule has 1 aliphatic rings. The smallest absolute Gasteiger partial charge is 0.264 e. The summed E-state index contributed by atoms with van der Waals surface area (Å²) in [6, 6.07) is 5.41. The van der Waals surface area contributed by atoms with Gasteiger partial charge in [0.15, 0.2) is 0 Å². The molecule has 1 aliphatic heterocycles. The maximum atomic E-state index is 11.5. The molecule has 0 bridgehead atoms. The molecule has 1 aromatic carbocycles. The van der Waals surface area contributed by atoms with Crippen LogP contribution in [0.2, 0.25) is 0 Å². The van der Waals surface area contributed by atoms with Gasteiger partial charge < -0.3 is 19.6 Å². The highest BCUT2D eigenvalue weighted by atomic mass is 16.6. The minimum absolute atomic E-state index is 0.194. The summed E-state index contributed by atoms with van der Waals surface area (Å²) in [5.41, 5.74) is 1.44. The molecular weight excluding hydrogens is 248 g/mol. The van der Waals surface area contributed by atoms with E-state index in [2.05, 4.69) is 10.5 Å². The fraction of sp³-hybridized carbons (Fsp3) is 0.385. The molecule has 0 spiro atoms. The van der Waals surface area contributed by atoms with Crippen LogP contribution in [0.3, 0.4) is 0 Å². The average Bonchev–Trinajstić information content (AvgIpc) is 2.95. The number of hydrogen-bond donors (Lipinski definition) is 1. The molecule has 1 atom stereocenters. The molecule has 19 heavy (non-hydrogen) atoms. The molecule has 6 nitrogen and oxygen atoms in total. The van der Waals surface area contributed by atoms with Gasteiger partial charge in [-0.05, 0) is 18.2 Å². The van der Waals surface area contributed by atoms with Crippen LogP contribution < -0.4 is 14.8 Å². The lowest BCUT2D eigenvalue weighted by Crippen LogP contribution is -2.31. The summed E-state index contributed by atoms with van der Waals surface area (Å²) < 4.78 is 10.5. The Kier molecular flexibility index (Phi) is 3.89. The van der Waals surface area contributed by atoms with E-state index in [1.807, 2.05) is 6.07 Å². The number of rotatable bonds is 4. The third-order valence-corrected chi connectivity index (χ3v) is 2.93. The maximum Gasteiger partial charge on any atom is 0.264 e. The summed E-state index contributed by atoms with van der Waals surface area (Å²) in [6.45, 7) is 0. The third-order valence-electron chi connectivity index (χ3n) is 2.93. The second kappa shape index (κ2) is 5.60. The van der Waals surface area contributed by atoms with E-state index in [-0.39, 0.29) is 5.91 Å². The molecule has 0 radical (unpaired) electrons. The van der Waals surface area contributed by atoms with Crippen LogP contribution in [-0.2, 0) is 9.63 Å². The van der Waals surface area contributed by atoms with Gasteiger partial charge in [-0.1, -0.05) is 5.16 Å². The summed E-state index contributed by atoms with van der Waals surface area (Å²) in [7, 11) is 4.74. The summed E-state index contributed by atoms with van der Waals surface area (Å²) in [6.07, 6.45) is -0.181. The van der Waals surface area contributed by atoms with Crippen LogP contribution >= 0.6 is 0 Å². The predicted molar refractivity (Wildman–Crippen MR) is 69.6 cm³/mol. The van der Waals surface area contributed by atoms with E-state index in [0.29, 0.717) is 23.6 Å². The molecule has 0 aliphatic carbocycles. The van der Waals surface area contributed by atoms with Crippen LogP contribution in [0.4, 0.5) is 0 Å². The van der Waals surface area contributed by atoms with Crippen molar-refractivity contribution in [1.29, 1.82) is 0 Å². The number of ether oxygens (including phenoxy) is 2. The molecule has 0 aromatic heterocycles. The molecule has 1 amide bonds. The quantitative estimate of drug-likeness (QED) is 0.878. The fourth-order valence-corrected chi connectivity index (χ4v) is 1.88. The van der Waals surface area contributed by atoms with Crippen LogP contribution in [0.5, 0.6) is 11.5 Å². The van der Waals surface area contributed by atoms with Gasteiger partial charge in [-0.3, -0.25) is 4.79 Å². The fourth-order valence-electron chi connectivity index (χ4n) is 1.88. The molecule has 6 heteroatoms. The Morgan fingerprint density at radius 3 is 2.84 bits per heavy atom. The first-order valence-electron chi connectivity index (χ1n) is 5.86. The van der Waals surface area contributed by atoms with Crippen molar-refractivity contribution in [2.45, 2.75) is 12.5 Å². The van der Waals surface area contributed by atoms with Crippen LogP contribution in [0.1, 0.15) is 12.0 Å². The Morgan fingerprint density at radius 2 is 2.21 bits per heavy atom. The van der Waals surface area contributed by atoms with E-state index in [4.69, 9.17) is 14.3 Å². The van der Waals surface area contributed by atoms with Crippen molar-refractivity contribution >= 4 is 11.6 Å². The lowest BCUT2D eigenvalue weighted by Gasteiger charge is -2.09. The van der Waals surface area contributed by atoms with E-state index in [9.17, 15) is 4.79 Å². The Hall–Kier alpha value is -2.24. The van der Waals surface area contributed by atoms with E-state index >= 15 is 0 Å². The highest BCUT2D eigenvalue weighted by Crippen LogP contribution is 2.28. The largest absolute Gasteiger partial charge is 0.497 e. The van der Waals surface area contributed by atoms with E-state index < -0.39 is 6.10 Å². The number of hydrogen-bond acceptors (Lipinski definition) is 5. The number of amides is 1. The van der Waals surface area contributed by atoms with Crippen molar-refractivity contribution in [3.63, 3.8) is 0 Å². The summed E-state index contributed by atoms with van der Waals surface area (Å²) >= 11 is 0. The molecular formula is C13H16N2O4. The molecule has 102 valence electrons. The number of likely N-dealkylation sites (N-methyl/N-ethyl adjacent to an activating group) is 1. The lowest BCUT2D eigenvalue weighted by molar-refractivity contribution is -0.130. The number of oxime groups is 1. The van der Waals surface area contributed by atoms with Crippen molar-refractivity contribution in [3.8, 4) is 11.5 Å². The molecule has 2 rings (SSSR count). The van der Waals surface area contributed by atoms with Crippen LogP contribution in [0.25, 0.3) is 0 Å². The molecule has 0 saturated carbocycles. The van der Waals surface area contributed by atoms with Gasteiger partial charge in [0.2, 0.25) is 6.10 Å². The summed E-state index contributed by atoms with van der Waals surface area (Å²) in [5, 5.41) is 6.50. The minimum atomic E-state index is -0.587. The topological polar surface area (TPSA) is 69.2 Å². The van der Waals surface area contributed by atoms with E-state index in [0.717, 1.165) is 5.56 Å². The highest BCUT2D eigenvalue weighted by molar-refractivity contribution is 6.06. The van der Waals surface area contributed by atoms with Gasteiger partial charge >= 0.3 is 0 Å². The second-order valence-electron chi connectivity index (χ2n) is 4.02. The van der Waals surface area contributed by atoms with Gasteiger partial charge in [0.25, 0.3) is 5.91 Å².